The van der Waals surface area contributed by atoms with Gasteiger partial charge in [-0.25, -0.2) is 4.98 Å². The number of nitrogens with one attached hydrogen (secondary N) is 2. The summed E-state index contributed by atoms with van der Waals surface area (Å²) in [5, 5.41) is 20.2. The lowest BCUT2D eigenvalue weighted by atomic mass is 10.1. The molecule has 7 nitrogen and oxygen atoms in total. The van der Waals surface area contributed by atoms with Crippen molar-refractivity contribution < 1.29 is 9.72 Å². The van der Waals surface area contributed by atoms with Crippen molar-refractivity contribution in [3.63, 3.8) is 0 Å². The number of carbonyl (C=O) groups is 1. The van der Waals surface area contributed by atoms with Gasteiger partial charge >= 0.3 is 0 Å². The minimum Gasteiger partial charge on any atom is -0.372 e. The van der Waals surface area contributed by atoms with Crippen LogP contribution in [0.3, 0.4) is 0 Å². The number of hydrogen-bond donors (Lipinski definition) is 2. The number of aromatic nitrogens is 1. The Balaban J connectivity index is 2.25. The van der Waals surface area contributed by atoms with Crippen LogP contribution in [-0.2, 0) is 0 Å². The van der Waals surface area contributed by atoms with Crippen molar-refractivity contribution in [2.75, 3.05) is 12.4 Å². The van der Waals surface area contributed by atoms with E-state index in [1.807, 2.05) is 23.8 Å². The van der Waals surface area contributed by atoms with E-state index in [9.17, 15) is 14.9 Å². The van der Waals surface area contributed by atoms with Crippen molar-refractivity contribution in [3.8, 4) is 0 Å². The van der Waals surface area contributed by atoms with Crippen LogP contribution in [0.15, 0.2) is 29.1 Å². The second-order valence-electron chi connectivity index (χ2n) is 4.35. The van der Waals surface area contributed by atoms with Gasteiger partial charge < -0.3 is 10.6 Å². The predicted molar refractivity (Wildman–Crippen MR) is 80.6 cm³/mol. The summed E-state index contributed by atoms with van der Waals surface area (Å²) in [5.41, 5.74) is 0.911. The number of pyridine rings is 1. The molecule has 21 heavy (non-hydrogen) atoms. The summed E-state index contributed by atoms with van der Waals surface area (Å²) in [6, 6.07) is 2.95. The molecule has 1 unspecified atom stereocenters. The summed E-state index contributed by atoms with van der Waals surface area (Å²) in [4.78, 5) is 26.4. The van der Waals surface area contributed by atoms with E-state index in [0.717, 1.165) is 11.8 Å². The molecule has 0 aromatic carbocycles. The zero-order valence-electron chi connectivity index (χ0n) is 11.5. The van der Waals surface area contributed by atoms with Gasteiger partial charge in [0, 0.05) is 13.1 Å². The molecule has 0 aliphatic rings. The van der Waals surface area contributed by atoms with E-state index < -0.39 is 10.8 Å². The minimum atomic E-state index is -0.578. The molecule has 1 atom stereocenters. The van der Waals surface area contributed by atoms with Crippen LogP contribution in [0.4, 0.5) is 11.5 Å². The van der Waals surface area contributed by atoms with Crippen molar-refractivity contribution in [2.45, 2.75) is 13.0 Å². The van der Waals surface area contributed by atoms with Crippen LogP contribution in [-0.4, -0.2) is 22.9 Å². The first-order valence-corrected chi connectivity index (χ1v) is 7.12. The van der Waals surface area contributed by atoms with Crippen molar-refractivity contribution >= 4 is 28.7 Å². The largest absolute Gasteiger partial charge is 0.372 e. The number of carbonyl (C=O) groups excluding carboxylic acids is 1. The standard InChI is InChI=1S/C13H14N4O3S/c1-8(9-3-4-21-7-9)16-13(18)11-5-10(17(19)20)6-15-12(11)14-2/h3-8H,1-2H3,(H,14,15)(H,16,18). The molecule has 8 heteroatoms. The third-order valence-corrected chi connectivity index (χ3v) is 3.66. The Morgan fingerprint density at radius 3 is 2.86 bits per heavy atom. The number of rotatable bonds is 5. The van der Waals surface area contributed by atoms with Gasteiger partial charge in [-0.15, -0.1) is 0 Å². The molecule has 2 N–H and O–H groups in total. The van der Waals surface area contributed by atoms with E-state index >= 15 is 0 Å². The molecule has 0 aliphatic heterocycles. The highest BCUT2D eigenvalue weighted by Crippen LogP contribution is 2.21. The highest BCUT2D eigenvalue weighted by atomic mass is 32.1. The van der Waals surface area contributed by atoms with Crippen molar-refractivity contribution in [3.05, 3.63) is 50.3 Å². The first kappa shape index (κ1) is 14.9. The summed E-state index contributed by atoms with van der Waals surface area (Å²) in [7, 11) is 1.60. The number of nitro groups is 1. The van der Waals surface area contributed by atoms with E-state index in [1.165, 1.54) is 17.4 Å². The fourth-order valence-corrected chi connectivity index (χ4v) is 2.56. The van der Waals surface area contributed by atoms with Crippen LogP contribution >= 0.6 is 11.3 Å². The zero-order chi connectivity index (χ0) is 15.4. The van der Waals surface area contributed by atoms with E-state index in [4.69, 9.17) is 0 Å². The Morgan fingerprint density at radius 2 is 2.29 bits per heavy atom. The molecule has 2 heterocycles. The van der Waals surface area contributed by atoms with Crippen LogP contribution in [0.2, 0.25) is 0 Å². The monoisotopic (exact) mass is 306 g/mol. The zero-order valence-corrected chi connectivity index (χ0v) is 12.3. The second kappa shape index (κ2) is 6.31. The highest BCUT2D eigenvalue weighted by molar-refractivity contribution is 7.07. The fraction of sp³-hybridized carbons (Fsp3) is 0.231. The first-order valence-electron chi connectivity index (χ1n) is 6.18. The molecule has 2 aromatic heterocycles. The van der Waals surface area contributed by atoms with Crippen LogP contribution in [0, 0.1) is 10.1 Å². The van der Waals surface area contributed by atoms with Gasteiger partial charge in [-0.3, -0.25) is 14.9 Å². The Labute approximate surface area is 125 Å². The summed E-state index contributed by atoms with van der Waals surface area (Å²) in [6.45, 7) is 1.85. The maximum absolute atomic E-state index is 12.3. The van der Waals surface area contributed by atoms with E-state index in [2.05, 4.69) is 15.6 Å². The second-order valence-corrected chi connectivity index (χ2v) is 5.13. The van der Waals surface area contributed by atoms with Crippen LogP contribution in [0.25, 0.3) is 0 Å². The molecule has 0 radical (unpaired) electrons. The Bertz CT molecular complexity index is 657. The molecule has 0 spiro atoms. The predicted octanol–water partition coefficient (Wildman–Crippen LogP) is 2.58. The fourth-order valence-electron chi connectivity index (χ4n) is 1.80. The maximum atomic E-state index is 12.3. The summed E-state index contributed by atoms with van der Waals surface area (Å²) >= 11 is 1.54. The van der Waals surface area contributed by atoms with Gasteiger partial charge in [0.15, 0.2) is 0 Å². The molecule has 110 valence electrons. The van der Waals surface area contributed by atoms with Gasteiger partial charge in [0.1, 0.15) is 12.0 Å². The summed E-state index contributed by atoms with van der Waals surface area (Å²) in [5.74, 6) is -0.107. The molecule has 0 saturated carbocycles. The summed E-state index contributed by atoms with van der Waals surface area (Å²) < 4.78 is 0. The lowest BCUT2D eigenvalue weighted by Crippen LogP contribution is -2.27. The van der Waals surface area contributed by atoms with Crippen molar-refractivity contribution in [2.24, 2.45) is 0 Å². The van der Waals surface area contributed by atoms with E-state index in [0.29, 0.717) is 5.82 Å². The third kappa shape index (κ3) is 3.34. The maximum Gasteiger partial charge on any atom is 0.288 e. The number of amides is 1. The van der Waals surface area contributed by atoms with E-state index in [1.54, 1.807) is 7.05 Å². The van der Waals surface area contributed by atoms with Gasteiger partial charge in [-0.2, -0.15) is 11.3 Å². The topological polar surface area (TPSA) is 97.2 Å². The minimum absolute atomic E-state index is 0.147. The van der Waals surface area contributed by atoms with Gasteiger partial charge in [-0.1, -0.05) is 0 Å². The normalized spacial score (nSPS) is 11.7. The quantitative estimate of drug-likeness (QED) is 0.653. The third-order valence-electron chi connectivity index (χ3n) is 2.96. The molecule has 0 saturated heterocycles. The molecule has 2 rings (SSSR count). The molecular weight excluding hydrogens is 292 g/mol. The van der Waals surface area contributed by atoms with Gasteiger partial charge in [0.2, 0.25) is 0 Å². The number of hydrogen-bond acceptors (Lipinski definition) is 6. The Hall–Kier alpha value is -2.48. The first-order chi connectivity index (χ1) is 10.0. The smallest absolute Gasteiger partial charge is 0.288 e. The molecular formula is C13H14N4O3S. The molecule has 0 bridgehead atoms. The number of anilines is 1. The van der Waals surface area contributed by atoms with Crippen LogP contribution in [0.1, 0.15) is 28.9 Å². The Kier molecular flexibility index (Phi) is 4.49. The van der Waals surface area contributed by atoms with Crippen molar-refractivity contribution in [1.29, 1.82) is 0 Å². The van der Waals surface area contributed by atoms with Crippen LogP contribution in [0.5, 0.6) is 0 Å². The van der Waals surface area contributed by atoms with Crippen molar-refractivity contribution in [1.82, 2.24) is 10.3 Å². The highest BCUT2D eigenvalue weighted by Gasteiger charge is 2.19. The average molecular weight is 306 g/mol. The number of nitrogens with zero attached hydrogens (tertiary/aromatic N) is 2. The van der Waals surface area contributed by atoms with Gasteiger partial charge in [-0.05, 0) is 29.3 Å². The van der Waals surface area contributed by atoms with E-state index in [-0.39, 0.29) is 17.3 Å². The Morgan fingerprint density at radius 1 is 1.52 bits per heavy atom. The molecule has 0 fully saturated rings. The average Bonchev–Trinajstić information content (AvgIpc) is 3.00. The molecule has 1 amide bonds. The molecule has 0 aliphatic carbocycles. The SMILES string of the molecule is CNc1ncc([N+](=O)[O-])cc1C(=O)NC(C)c1ccsc1. The lowest BCUT2D eigenvalue weighted by Gasteiger charge is -2.14. The van der Waals surface area contributed by atoms with Gasteiger partial charge in [0.25, 0.3) is 11.6 Å². The van der Waals surface area contributed by atoms with Crippen LogP contribution < -0.4 is 10.6 Å². The van der Waals surface area contributed by atoms with Gasteiger partial charge in [0.05, 0.1) is 16.5 Å². The molecule has 2 aromatic rings. The number of thiophene rings is 1. The lowest BCUT2D eigenvalue weighted by molar-refractivity contribution is -0.385. The summed E-state index contributed by atoms with van der Waals surface area (Å²) in [6.07, 6.45) is 1.12.